The number of amides is 1. The quantitative estimate of drug-likeness (QED) is 0.319. The van der Waals surface area contributed by atoms with Gasteiger partial charge in [-0.1, -0.05) is 38.5 Å². The van der Waals surface area contributed by atoms with Crippen molar-refractivity contribution in [3.63, 3.8) is 0 Å². The molecule has 3 heterocycles. The Balaban J connectivity index is 1.64. The van der Waals surface area contributed by atoms with E-state index in [-0.39, 0.29) is 11.8 Å². The van der Waals surface area contributed by atoms with Crippen molar-refractivity contribution in [1.29, 1.82) is 0 Å². The number of H-pyrrole nitrogens is 1. The maximum absolute atomic E-state index is 13.2. The van der Waals surface area contributed by atoms with Gasteiger partial charge in [0.1, 0.15) is 5.75 Å². The fourth-order valence-corrected chi connectivity index (χ4v) is 4.01. The summed E-state index contributed by atoms with van der Waals surface area (Å²) >= 11 is 0. The number of hydrogen-bond donors (Lipinski definition) is 2. The van der Waals surface area contributed by atoms with Crippen molar-refractivity contribution in [3.8, 4) is 17.4 Å². The van der Waals surface area contributed by atoms with Crippen LogP contribution in [0, 0.1) is 20.8 Å². The number of aryl methyl sites for hydroxylation is 3. The lowest BCUT2D eigenvalue weighted by Gasteiger charge is -2.20. The maximum atomic E-state index is 13.2. The van der Waals surface area contributed by atoms with E-state index in [0.717, 1.165) is 11.1 Å². The van der Waals surface area contributed by atoms with E-state index in [0.29, 0.717) is 39.9 Å². The number of esters is 1. The molecule has 3 aromatic heterocycles. The molecular weight excluding hydrogens is 486 g/mol. The number of pyridine rings is 1. The third-order valence-corrected chi connectivity index (χ3v) is 6.02. The van der Waals surface area contributed by atoms with Gasteiger partial charge >= 0.3 is 5.97 Å². The molecule has 1 atom stereocenters. The summed E-state index contributed by atoms with van der Waals surface area (Å²) in [5.74, 6) is 1.10. The van der Waals surface area contributed by atoms with Crippen LogP contribution >= 0.6 is 0 Å². The highest BCUT2D eigenvalue weighted by Crippen LogP contribution is 2.36. The lowest BCUT2D eigenvalue weighted by atomic mass is 9.92. The second-order valence-electron chi connectivity index (χ2n) is 10.3. The van der Waals surface area contributed by atoms with Crippen LogP contribution in [0.25, 0.3) is 5.65 Å². The van der Waals surface area contributed by atoms with Gasteiger partial charge in [0, 0.05) is 17.7 Å². The first kappa shape index (κ1) is 26.7. The molecule has 0 saturated carbocycles. The zero-order valence-corrected chi connectivity index (χ0v) is 22.9. The van der Waals surface area contributed by atoms with Crippen molar-refractivity contribution in [2.45, 2.75) is 60.0 Å². The van der Waals surface area contributed by atoms with Crippen molar-refractivity contribution in [2.75, 3.05) is 12.4 Å². The van der Waals surface area contributed by atoms with Crippen LogP contribution in [0.15, 0.2) is 36.5 Å². The molecule has 4 rings (SSSR count). The van der Waals surface area contributed by atoms with Crippen molar-refractivity contribution in [1.82, 2.24) is 19.6 Å². The van der Waals surface area contributed by atoms with E-state index in [9.17, 15) is 9.59 Å². The van der Waals surface area contributed by atoms with E-state index in [2.05, 4.69) is 15.4 Å². The highest BCUT2D eigenvalue weighted by Gasteiger charge is 2.30. The van der Waals surface area contributed by atoms with Gasteiger partial charge < -0.3 is 19.5 Å². The van der Waals surface area contributed by atoms with E-state index in [4.69, 9.17) is 19.2 Å². The van der Waals surface area contributed by atoms with E-state index in [1.807, 2.05) is 59.7 Å². The minimum atomic E-state index is -0.751. The Morgan fingerprint density at radius 2 is 1.84 bits per heavy atom. The van der Waals surface area contributed by atoms with Crippen molar-refractivity contribution in [3.05, 3.63) is 64.6 Å². The van der Waals surface area contributed by atoms with Gasteiger partial charge in [-0.2, -0.15) is 0 Å². The first-order chi connectivity index (χ1) is 17.9. The number of carbonyl (C=O) groups excluding carboxylic acids is 2. The number of hydrogen-bond acceptors (Lipinski definition) is 7. The number of imidazole rings is 1. The molecule has 0 spiro atoms. The monoisotopic (exact) mass is 519 g/mol. The summed E-state index contributed by atoms with van der Waals surface area (Å²) in [7, 11) is 1.31. The molecule has 0 aliphatic heterocycles. The van der Waals surface area contributed by atoms with Crippen molar-refractivity contribution >= 4 is 23.3 Å². The van der Waals surface area contributed by atoms with Gasteiger partial charge in [0.25, 0.3) is 5.91 Å². The molecule has 0 fully saturated rings. The van der Waals surface area contributed by atoms with Crippen molar-refractivity contribution < 1.29 is 23.8 Å². The molecule has 10 nitrogen and oxygen atoms in total. The second-order valence-corrected chi connectivity index (χ2v) is 10.3. The summed E-state index contributed by atoms with van der Waals surface area (Å²) in [6.07, 6.45) is 0.633. The minimum absolute atomic E-state index is 0.281. The summed E-state index contributed by atoms with van der Waals surface area (Å²) < 4.78 is 18.4. The molecule has 1 amide bonds. The van der Waals surface area contributed by atoms with E-state index < -0.39 is 17.5 Å². The number of benzene rings is 1. The summed E-state index contributed by atoms with van der Waals surface area (Å²) in [5, 5.41) is 6.23. The highest BCUT2D eigenvalue weighted by molar-refractivity contribution is 5.94. The van der Waals surface area contributed by atoms with Crippen LogP contribution in [0.5, 0.6) is 17.4 Å². The maximum Gasteiger partial charge on any atom is 0.339 e. The predicted molar refractivity (Wildman–Crippen MR) is 143 cm³/mol. The van der Waals surface area contributed by atoms with E-state index >= 15 is 0 Å². The molecule has 0 radical (unpaired) electrons. The lowest BCUT2D eigenvalue weighted by molar-refractivity contribution is -0.122. The molecule has 200 valence electrons. The van der Waals surface area contributed by atoms with Gasteiger partial charge in [0.05, 0.1) is 24.1 Å². The Bertz CT molecular complexity index is 1490. The van der Waals surface area contributed by atoms with Gasteiger partial charge in [-0.15, -0.1) is 0 Å². The molecule has 1 unspecified atom stereocenters. The first-order valence-corrected chi connectivity index (χ1v) is 12.3. The molecule has 0 aliphatic rings. The Morgan fingerprint density at radius 1 is 1.11 bits per heavy atom. The molecule has 0 aliphatic carbocycles. The molecule has 38 heavy (non-hydrogen) atoms. The van der Waals surface area contributed by atoms with Gasteiger partial charge in [-0.05, 0) is 45.4 Å². The first-order valence-electron chi connectivity index (χ1n) is 12.3. The molecule has 1 aromatic carbocycles. The van der Waals surface area contributed by atoms with Gasteiger partial charge in [-0.25, -0.2) is 19.3 Å². The van der Waals surface area contributed by atoms with Crippen LogP contribution in [-0.4, -0.2) is 44.7 Å². The summed E-state index contributed by atoms with van der Waals surface area (Å²) in [4.78, 5) is 34.0. The molecule has 10 heteroatoms. The molecule has 0 saturated heterocycles. The van der Waals surface area contributed by atoms with Crippen LogP contribution < -0.4 is 14.8 Å². The predicted octanol–water partition coefficient (Wildman–Crippen LogP) is 5.27. The topological polar surface area (TPSA) is 120 Å². The Morgan fingerprint density at radius 3 is 2.45 bits per heavy atom. The number of aromatic nitrogens is 4. The normalized spacial score (nSPS) is 12.3. The molecule has 0 bridgehead atoms. The van der Waals surface area contributed by atoms with Crippen LogP contribution in [0.4, 0.5) is 5.82 Å². The molecule has 2 N–H and O–H groups in total. The molecular formula is C28H33N5O5. The number of nitrogens with one attached hydrogen (secondary N) is 2. The Hall–Kier alpha value is -4.34. The number of methoxy groups -OCH3 is 1. The van der Waals surface area contributed by atoms with Crippen LogP contribution in [0.1, 0.15) is 60.6 Å². The number of fused-ring (bicyclic) bond motifs is 1. The van der Waals surface area contributed by atoms with E-state index in [1.54, 1.807) is 23.6 Å². The number of carbonyl (C=O) groups is 2. The Kier molecular flexibility index (Phi) is 7.17. The second kappa shape index (κ2) is 10.2. The van der Waals surface area contributed by atoms with Gasteiger partial charge in [-0.3, -0.25) is 9.89 Å². The Labute approximate surface area is 221 Å². The number of anilines is 1. The van der Waals surface area contributed by atoms with Crippen molar-refractivity contribution in [2.24, 2.45) is 0 Å². The molecule has 4 aromatic rings. The van der Waals surface area contributed by atoms with Crippen LogP contribution in [0.2, 0.25) is 0 Å². The standard InChI is InChI=1S/C28H33N5O5/c1-15-9-11-20(16(2)13-15)37-18(4)26(34)31-25-23(28(5,6)7)30-24-22(17(3)32-33(24)25)38-21-12-10-19(14-29-21)27(35)36-8/h9-14,18,32H,1-8H3,(H,31,34). The average Bonchev–Trinajstić information content (AvgIpc) is 3.36. The van der Waals surface area contributed by atoms with Crippen LogP contribution in [0.3, 0.4) is 0 Å². The third kappa shape index (κ3) is 5.34. The summed E-state index contributed by atoms with van der Waals surface area (Å²) in [6.45, 7) is 13.5. The fraction of sp³-hybridized carbons (Fsp3) is 0.357. The SMILES string of the molecule is COC(=O)c1ccc(Oc2c(C)[nH]n3c(NC(=O)C(C)Oc4ccc(C)cc4C)c(C(C)(C)C)nc23)nc1. The summed E-state index contributed by atoms with van der Waals surface area (Å²) in [5.41, 5.74) is 3.86. The zero-order chi connectivity index (χ0) is 27.8. The smallest absolute Gasteiger partial charge is 0.339 e. The van der Waals surface area contributed by atoms with Gasteiger partial charge in [0.15, 0.2) is 23.3 Å². The summed E-state index contributed by atoms with van der Waals surface area (Å²) in [6, 6.07) is 8.99. The zero-order valence-electron chi connectivity index (χ0n) is 22.9. The highest BCUT2D eigenvalue weighted by atomic mass is 16.5. The fourth-order valence-electron chi connectivity index (χ4n) is 4.01. The largest absolute Gasteiger partial charge is 0.481 e. The lowest BCUT2D eigenvalue weighted by Crippen LogP contribution is -2.32. The van der Waals surface area contributed by atoms with E-state index in [1.165, 1.54) is 13.3 Å². The third-order valence-electron chi connectivity index (χ3n) is 6.02. The number of rotatable bonds is 7. The number of nitrogens with zero attached hydrogens (tertiary/aromatic N) is 3. The minimum Gasteiger partial charge on any atom is -0.481 e. The average molecular weight is 520 g/mol. The number of ether oxygens (including phenoxy) is 3. The van der Waals surface area contributed by atoms with Gasteiger partial charge in [0.2, 0.25) is 5.88 Å². The van der Waals surface area contributed by atoms with Crippen LogP contribution in [-0.2, 0) is 14.9 Å². The number of aromatic amines is 1.